The number of hydrogen-bond donors (Lipinski definition) is 0. The smallest absolute Gasteiger partial charge is 0.150 e. The van der Waals surface area contributed by atoms with Crippen LogP contribution in [0.25, 0.3) is 10.9 Å². The van der Waals surface area contributed by atoms with Crippen LogP contribution in [-0.4, -0.2) is 16.1 Å². The van der Waals surface area contributed by atoms with Crippen LogP contribution in [0.2, 0.25) is 0 Å². The molecule has 0 bridgehead atoms. The number of fused-ring (bicyclic) bond motifs is 1. The molecule has 0 amide bonds. The van der Waals surface area contributed by atoms with Crippen LogP contribution in [0.3, 0.4) is 0 Å². The molecule has 1 aromatic carbocycles. The first-order valence-corrected chi connectivity index (χ1v) is 6.22. The van der Waals surface area contributed by atoms with E-state index in [0.717, 1.165) is 28.4 Å². The summed E-state index contributed by atoms with van der Waals surface area (Å²) in [6.45, 7) is 0. The van der Waals surface area contributed by atoms with Gasteiger partial charge < -0.3 is 0 Å². The molecule has 17 heavy (non-hydrogen) atoms. The first kappa shape index (κ1) is 10.5. The molecule has 1 fully saturated rings. The lowest BCUT2D eigenvalue weighted by molar-refractivity contribution is 0.112. The zero-order valence-corrected chi connectivity index (χ0v) is 10.0. The Morgan fingerprint density at radius 1 is 1.35 bits per heavy atom. The number of aromatic nitrogens is 2. The minimum Gasteiger partial charge on any atom is -0.298 e. The molecule has 1 heterocycles. The first-order chi connectivity index (χ1) is 8.31. The minimum atomic E-state index is 0.541. The van der Waals surface area contributed by atoms with Gasteiger partial charge in [0, 0.05) is 23.9 Å². The second kappa shape index (κ2) is 3.99. The van der Waals surface area contributed by atoms with E-state index in [-0.39, 0.29) is 0 Å². The van der Waals surface area contributed by atoms with E-state index in [1.165, 1.54) is 25.7 Å². The standard InChI is InChI=1S/C14H16N2O/c1-16-12-8-4-7-11(9-17)13(12)14(15-16)10-5-2-3-6-10/h4,7-10H,2-3,5-6H2,1H3. The molecule has 3 heteroatoms. The number of hydrogen-bond acceptors (Lipinski definition) is 2. The van der Waals surface area contributed by atoms with Gasteiger partial charge in [-0.2, -0.15) is 5.10 Å². The summed E-state index contributed by atoms with van der Waals surface area (Å²) in [5.41, 5.74) is 2.97. The van der Waals surface area contributed by atoms with Crippen LogP contribution in [0.15, 0.2) is 18.2 Å². The first-order valence-electron chi connectivity index (χ1n) is 6.22. The zero-order valence-electron chi connectivity index (χ0n) is 10.0. The van der Waals surface area contributed by atoms with Crippen molar-refractivity contribution in [2.75, 3.05) is 0 Å². The second-order valence-electron chi connectivity index (χ2n) is 4.85. The Morgan fingerprint density at radius 2 is 2.12 bits per heavy atom. The van der Waals surface area contributed by atoms with Crippen molar-refractivity contribution in [1.29, 1.82) is 0 Å². The van der Waals surface area contributed by atoms with Gasteiger partial charge in [0.15, 0.2) is 6.29 Å². The van der Waals surface area contributed by atoms with Crippen LogP contribution in [0.1, 0.15) is 47.7 Å². The fourth-order valence-electron chi connectivity index (χ4n) is 2.95. The number of aldehydes is 1. The van der Waals surface area contributed by atoms with Gasteiger partial charge in [-0.05, 0) is 18.9 Å². The number of rotatable bonds is 2. The van der Waals surface area contributed by atoms with Crippen LogP contribution in [-0.2, 0) is 7.05 Å². The molecule has 2 aromatic rings. The quantitative estimate of drug-likeness (QED) is 0.740. The largest absolute Gasteiger partial charge is 0.298 e. The van der Waals surface area contributed by atoms with Crippen LogP contribution in [0.4, 0.5) is 0 Å². The Morgan fingerprint density at radius 3 is 2.82 bits per heavy atom. The average Bonchev–Trinajstić information content (AvgIpc) is 2.97. The van der Waals surface area contributed by atoms with Crippen molar-refractivity contribution in [3.05, 3.63) is 29.5 Å². The summed E-state index contributed by atoms with van der Waals surface area (Å²) in [4.78, 5) is 11.2. The Labute approximate surface area is 100 Å². The van der Waals surface area contributed by atoms with E-state index < -0.39 is 0 Å². The van der Waals surface area contributed by atoms with Crippen molar-refractivity contribution >= 4 is 17.2 Å². The molecule has 1 aliphatic rings. The highest BCUT2D eigenvalue weighted by Gasteiger charge is 2.23. The Bertz CT molecular complexity index is 565. The number of carbonyl (C=O) groups excluding carboxylic acids is 1. The predicted octanol–water partition coefficient (Wildman–Crippen LogP) is 3.04. The summed E-state index contributed by atoms with van der Waals surface area (Å²) in [6, 6.07) is 5.84. The second-order valence-corrected chi connectivity index (χ2v) is 4.85. The van der Waals surface area contributed by atoms with Gasteiger partial charge in [0.05, 0.1) is 11.2 Å². The molecule has 0 saturated heterocycles. The van der Waals surface area contributed by atoms with Crippen LogP contribution < -0.4 is 0 Å². The van der Waals surface area contributed by atoms with Crippen LogP contribution in [0, 0.1) is 0 Å². The Balaban J connectivity index is 2.26. The molecule has 0 spiro atoms. The van der Waals surface area contributed by atoms with Crippen LogP contribution >= 0.6 is 0 Å². The number of nitrogens with zero attached hydrogens (tertiary/aromatic N) is 2. The van der Waals surface area contributed by atoms with E-state index in [1.54, 1.807) is 0 Å². The molecule has 0 unspecified atom stereocenters. The lowest BCUT2D eigenvalue weighted by Crippen LogP contribution is -1.96. The maximum absolute atomic E-state index is 11.2. The molecule has 0 N–H and O–H groups in total. The van der Waals surface area contributed by atoms with E-state index in [1.807, 2.05) is 29.9 Å². The van der Waals surface area contributed by atoms with Crippen molar-refractivity contribution in [2.24, 2.45) is 7.05 Å². The summed E-state index contributed by atoms with van der Waals surface area (Å²) in [5, 5.41) is 5.70. The fraction of sp³-hybridized carbons (Fsp3) is 0.429. The van der Waals surface area contributed by atoms with Gasteiger partial charge in [-0.25, -0.2) is 0 Å². The molecule has 0 atom stereocenters. The highest BCUT2D eigenvalue weighted by molar-refractivity contribution is 5.98. The van der Waals surface area contributed by atoms with E-state index in [9.17, 15) is 4.79 Å². The van der Waals surface area contributed by atoms with E-state index in [2.05, 4.69) is 5.10 Å². The summed E-state index contributed by atoms with van der Waals surface area (Å²) in [6.07, 6.45) is 5.93. The van der Waals surface area contributed by atoms with Crippen LogP contribution in [0.5, 0.6) is 0 Å². The van der Waals surface area contributed by atoms with Gasteiger partial charge in [-0.1, -0.05) is 25.0 Å². The lowest BCUT2D eigenvalue weighted by Gasteiger charge is -2.06. The van der Waals surface area contributed by atoms with E-state index in [4.69, 9.17) is 0 Å². The summed E-state index contributed by atoms with van der Waals surface area (Å²) in [5.74, 6) is 0.541. The van der Waals surface area contributed by atoms with Crippen molar-refractivity contribution in [1.82, 2.24) is 9.78 Å². The summed E-state index contributed by atoms with van der Waals surface area (Å²) < 4.78 is 1.90. The molecule has 3 rings (SSSR count). The van der Waals surface area contributed by atoms with Gasteiger partial charge in [0.2, 0.25) is 0 Å². The van der Waals surface area contributed by atoms with Gasteiger partial charge in [-0.3, -0.25) is 9.48 Å². The number of aryl methyl sites for hydroxylation is 1. The SMILES string of the molecule is Cn1nc(C2CCCC2)c2c(C=O)cccc21. The molecular formula is C14H16N2O. The molecule has 1 aliphatic carbocycles. The van der Waals surface area contributed by atoms with Crippen molar-refractivity contribution < 1.29 is 4.79 Å². The lowest BCUT2D eigenvalue weighted by atomic mass is 9.98. The topological polar surface area (TPSA) is 34.9 Å². The Kier molecular flexibility index (Phi) is 2.46. The summed E-state index contributed by atoms with van der Waals surface area (Å²) in [7, 11) is 1.95. The summed E-state index contributed by atoms with van der Waals surface area (Å²) >= 11 is 0. The highest BCUT2D eigenvalue weighted by Crippen LogP contribution is 2.37. The van der Waals surface area contributed by atoms with Crippen molar-refractivity contribution in [3.63, 3.8) is 0 Å². The number of carbonyl (C=O) groups is 1. The molecule has 1 aromatic heterocycles. The maximum Gasteiger partial charge on any atom is 0.150 e. The molecule has 88 valence electrons. The van der Waals surface area contributed by atoms with Gasteiger partial charge >= 0.3 is 0 Å². The van der Waals surface area contributed by atoms with Gasteiger partial charge in [0.1, 0.15) is 0 Å². The molecule has 0 radical (unpaired) electrons. The monoisotopic (exact) mass is 228 g/mol. The third kappa shape index (κ3) is 1.57. The number of benzene rings is 1. The molecule has 1 saturated carbocycles. The van der Waals surface area contributed by atoms with Crippen molar-refractivity contribution in [3.8, 4) is 0 Å². The van der Waals surface area contributed by atoms with Gasteiger partial charge in [-0.15, -0.1) is 0 Å². The minimum absolute atomic E-state index is 0.541. The van der Waals surface area contributed by atoms with Crippen molar-refractivity contribution in [2.45, 2.75) is 31.6 Å². The Hall–Kier alpha value is -1.64. The third-order valence-electron chi connectivity index (χ3n) is 3.81. The molecule has 3 nitrogen and oxygen atoms in total. The van der Waals surface area contributed by atoms with E-state index in [0.29, 0.717) is 5.92 Å². The third-order valence-corrected chi connectivity index (χ3v) is 3.81. The van der Waals surface area contributed by atoms with E-state index >= 15 is 0 Å². The normalized spacial score (nSPS) is 16.8. The molecular weight excluding hydrogens is 212 g/mol. The average molecular weight is 228 g/mol. The highest BCUT2D eigenvalue weighted by atomic mass is 16.1. The maximum atomic E-state index is 11.2. The molecule has 0 aliphatic heterocycles. The van der Waals surface area contributed by atoms with Gasteiger partial charge in [0.25, 0.3) is 0 Å². The fourth-order valence-corrected chi connectivity index (χ4v) is 2.95. The predicted molar refractivity (Wildman–Crippen MR) is 67.3 cm³/mol. The zero-order chi connectivity index (χ0) is 11.8.